The summed E-state index contributed by atoms with van der Waals surface area (Å²) in [4.78, 5) is 0. The summed E-state index contributed by atoms with van der Waals surface area (Å²) in [7, 11) is 0. The van der Waals surface area contributed by atoms with Gasteiger partial charge in [0.2, 0.25) is 0 Å². The van der Waals surface area contributed by atoms with Gasteiger partial charge < -0.3 is 0 Å². The van der Waals surface area contributed by atoms with Crippen LogP contribution in [0.1, 0.15) is 0 Å². The lowest BCUT2D eigenvalue weighted by molar-refractivity contribution is 1.02. The standard InChI is InChI=1S/C4H3IN2.ClH/c5-4-1-2-6-7-3-4;/h1-3H;1H. The highest BCUT2D eigenvalue weighted by Gasteiger charge is 1.76. The lowest BCUT2D eigenvalue weighted by Crippen LogP contribution is -1.76. The fourth-order valence-electron chi connectivity index (χ4n) is 0.275. The third-order valence-electron chi connectivity index (χ3n) is 0.548. The summed E-state index contributed by atoms with van der Waals surface area (Å²) in [6, 6.07) is 1.90. The average molecular weight is 242 g/mol. The molecule has 0 aliphatic rings. The maximum absolute atomic E-state index is 3.63. The molecule has 4 heteroatoms. The van der Waals surface area contributed by atoms with Crippen LogP contribution in [0.2, 0.25) is 0 Å². The molecule has 0 N–H and O–H groups in total. The van der Waals surface area contributed by atoms with E-state index in [0.29, 0.717) is 0 Å². The van der Waals surface area contributed by atoms with E-state index in [0.717, 1.165) is 3.57 Å². The van der Waals surface area contributed by atoms with Gasteiger partial charge >= 0.3 is 0 Å². The van der Waals surface area contributed by atoms with Crippen LogP contribution < -0.4 is 0 Å². The smallest absolute Gasteiger partial charge is 0.0629 e. The molecule has 2 nitrogen and oxygen atoms in total. The summed E-state index contributed by atoms with van der Waals surface area (Å²) in [5, 5.41) is 7.22. The Kier molecular flexibility index (Phi) is 4.08. The zero-order valence-electron chi connectivity index (χ0n) is 3.91. The van der Waals surface area contributed by atoms with Crippen molar-refractivity contribution in [3.8, 4) is 0 Å². The van der Waals surface area contributed by atoms with Gasteiger partial charge in [-0.05, 0) is 28.7 Å². The molecule has 0 aromatic carbocycles. The molecule has 1 heterocycles. The Morgan fingerprint density at radius 2 is 2.12 bits per heavy atom. The molecule has 1 aromatic rings. The molecule has 0 amide bonds. The van der Waals surface area contributed by atoms with E-state index in [1.54, 1.807) is 12.4 Å². The van der Waals surface area contributed by atoms with Crippen LogP contribution in [0.4, 0.5) is 0 Å². The van der Waals surface area contributed by atoms with Gasteiger partial charge in [-0.25, -0.2) is 0 Å². The largest absolute Gasteiger partial charge is 0.159 e. The first-order valence-electron chi connectivity index (χ1n) is 1.82. The molecule has 0 saturated carbocycles. The molecule has 0 bridgehead atoms. The minimum Gasteiger partial charge on any atom is -0.159 e. The van der Waals surface area contributed by atoms with Crippen molar-refractivity contribution in [3.05, 3.63) is 22.0 Å². The Labute approximate surface area is 67.3 Å². The van der Waals surface area contributed by atoms with Gasteiger partial charge in [-0.3, -0.25) is 0 Å². The van der Waals surface area contributed by atoms with E-state index in [4.69, 9.17) is 0 Å². The van der Waals surface area contributed by atoms with Crippen molar-refractivity contribution in [1.29, 1.82) is 0 Å². The van der Waals surface area contributed by atoms with E-state index in [1.165, 1.54) is 0 Å². The minimum atomic E-state index is 0. The second-order valence-corrected chi connectivity index (χ2v) is 2.31. The van der Waals surface area contributed by atoms with Crippen molar-refractivity contribution in [2.75, 3.05) is 0 Å². The summed E-state index contributed by atoms with van der Waals surface area (Å²) in [5.74, 6) is 0. The number of aromatic nitrogens is 2. The molecule has 0 saturated heterocycles. The van der Waals surface area contributed by atoms with Crippen molar-refractivity contribution in [3.63, 3.8) is 0 Å². The molecule has 0 radical (unpaired) electrons. The number of rotatable bonds is 0. The van der Waals surface area contributed by atoms with Gasteiger partial charge in [0.25, 0.3) is 0 Å². The normalized spacial score (nSPS) is 7.62. The zero-order valence-corrected chi connectivity index (χ0v) is 6.89. The monoisotopic (exact) mass is 242 g/mol. The second kappa shape index (κ2) is 4.03. The van der Waals surface area contributed by atoms with Crippen molar-refractivity contribution in [1.82, 2.24) is 10.2 Å². The molecule has 0 unspecified atom stereocenters. The first-order chi connectivity index (χ1) is 3.39. The van der Waals surface area contributed by atoms with E-state index < -0.39 is 0 Å². The molecule has 0 aliphatic carbocycles. The van der Waals surface area contributed by atoms with E-state index in [1.807, 2.05) is 6.07 Å². The summed E-state index contributed by atoms with van der Waals surface area (Å²) in [6.45, 7) is 0. The van der Waals surface area contributed by atoms with E-state index in [2.05, 4.69) is 32.8 Å². The summed E-state index contributed by atoms with van der Waals surface area (Å²) < 4.78 is 1.12. The molecule has 0 atom stereocenters. The molecule has 44 valence electrons. The Bertz CT molecular complexity index is 144. The van der Waals surface area contributed by atoms with Crippen LogP contribution in [0.5, 0.6) is 0 Å². The molecular weight excluding hydrogens is 238 g/mol. The van der Waals surface area contributed by atoms with Crippen LogP contribution in [-0.2, 0) is 0 Å². The van der Waals surface area contributed by atoms with Crippen molar-refractivity contribution in [2.45, 2.75) is 0 Å². The first kappa shape index (κ1) is 8.10. The summed E-state index contributed by atoms with van der Waals surface area (Å²) in [5.41, 5.74) is 0. The van der Waals surface area contributed by atoms with Crippen LogP contribution >= 0.6 is 35.0 Å². The van der Waals surface area contributed by atoms with Crippen molar-refractivity contribution < 1.29 is 0 Å². The Morgan fingerprint density at radius 3 is 2.38 bits per heavy atom. The lowest BCUT2D eigenvalue weighted by atomic mass is 10.6. The molecule has 1 rings (SSSR count). The van der Waals surface area contributed by atoms with Gasteiger partial charge in [-0.1, -0.05) is 0 Å². The number of hydrogen-bond acceptors (Lipinski definition) is 2. The number of hydrogen-bond donors (Lipinski definition) is 0. The Balaban J connectivity index is 0.000000490. The van der Waals surface area contributed by atoms with Crippen molar-refractivity contribution in [2.24, 2.45) is 0 Å². The van der Waals surface area contributed by atoms with Crippen molar-refractivity contribution >= 4 is 35.0 Å². The van der Waals surface area contributed by atoms with Gasteiger partial charge in [0.1, 0.15) is 0 Å². The highest BCUT2D eigenvalue weighted by molar-refractivity contribution is 14.1. The third kappa shape index (κ3) is 2.42. The molecule has 0 fully saturated rings. The first-order valence-corrected chi connectivity index (χ1v) is 2.89. The van der Waals surface area contributed by atoms with Gasteiger partial charge in [0.15, 0.2) is 0 Å². The Morgan fingerprint density at radius 1 is 1.38 bits per heavy atom. The van der Waals surface area contributed by atoms with Crippen LogP contribution in [0.25, 0.3) is 0 Å². The number of nitrogens with zero attached hydrogens (tertiary/aromatic N) is 2. The van der Waals surface area contributed by atoms with Crippen LogP contribution in [0.3, 0.4) is 0 Å². The topological polar surface area (TPSA) is 25.8 Å². The maximum atomic E-state index is 3.63. The van der Waals surface area contributed by atoms with Crippen LogP contribution in [0, 0.1) is 3.57 Å². The minimum absolute atomic E-state index is 0. The third-order valence-corrected chi connectivity index (χ3v) is 1.19. The molecule has 8 heavy (non-hydrogen) atoms. The van der Waals surface area contributed by atoms with Gasteiger partial charge in [-0.15, -0.1) is 12.4 Å². The van der Waals surface area contributed by atoms with Gasteiger partial charge in [0.05, 0.1) is 12.4 Å². The maximum Gasteiger partial charge on any atom is 0.0629 e. The predicted molar refractivity (Wildman–Crippen MR) is 42.0 cm³/mol. The van der Waals surface area contributed by atoms with E-state index >= 15 is 0 Å². The van der Waals surface area contributed by atoms with Gasteiger partial charge in [0, 0.05) is 3.57 Å². The molecule has 0 spiro atoms. The quantitative estimate of drug-likeness (QED) is 0.645. The number of halogens is 2. The highest BCUT2D eigenvalue weighted by atomic mass is 127. The lowest BCUT2D eigenvalue weighted by Gasteiger charge is -1.79. The van der Waals surface area contributed by atoms with Crippen LogP contribution in [0.15, 0.2) is 18.5 Å². The summed E-state index contributed by atoms with van der Waals surface area (Å²) >= 11 is 2.18. The van der Waals surface area contributed by atoms with Gasteiger partial charge in [-0.2, -0.15) is 10.2 Å². The van der Waals surface area contributed by atoms with Crippen LogP contribution in [-0.4, -0.2) is 10.2 Å². The fourth-order valence-corrected chi connectivity index (χ4v) is 0.560. The highest BCUT2D eigenvalue weighted by Crippen LogP contribution is 1.95. The Hall–Kier alpha value is 0.100. The predicted octanol–water partition coefficient (Wildman–Crippen LogP) is 1.50. The fraction of sp³-hybridized carbons (Fsp3) is 0. The molecule has 0 aliphatic heterocycles. The average Bonchev–Trinajstić information content (AvgIpc) is 1.69. The SMILES string of the molecule is Cl.Ic1ccnnc1. The van der Waals surface area contributed by atoms with E-state index in [-0.39, 0.29) is 12.4 Å². The second-order valence-electron chi connectivity index (χ2n) is 1.06. The summed E-state index contributed by atoms with van der Waals surface area (Å²) in [6.07, 6.45) is 3.38. The molecular formula is C4H4ClIN2. The molecule has 1 aromatic heterocycles. The zero-order chi connectivity index (χ0) is 5.11. The van der Waals surface area contributed by atoms with E-state index in [9.17, 15) is 0 Å².